The third-order valence-corrected chi connectivity index (χ3v) is 3.58. The number of nitrogens with zero attached hydrogens (tertiary/aromatic N) is 2. The molecule has 122 valence electrons. The smallest absolute Gasteiger partial charge is 0.196 e. The van der Waals surface area contributed by atoms with E-state index in [1.165, 1.54) is 11.1 Å². The normalized spacial score (nSPS) is 11.3. The number of rotatable bonds is 5. The van der Waals surface area contributed by atoms with Gasteiger partial charge in [-0.1, -0.05) is 48.0 Å². The van der Waals surface area contributed by atoms with Crippen LogP contribution in [0.3, 0.4) is 0 Å². The summed E-state index contributed by atoms with van der Waals surface area (Å²) in [6, 6.07) is 20.4. The van der Waals surface area contributed by atoms with Crippen LogP contribution in [0.1, 0.15) is 16.8 Å². The minimum Gasteiger partial charge on any atom is -0.350 e. The number of guanidine groups is 1. The van der Waals surface area contributed by atoms with Crippen molar-refractivity contribution in [3.05, 3.63) is 83.7 Å². The highest BCUT2D eigenvalue weighted by molar-refractivity contribution is 5.93. The van der Waals surface area contributed by atoms with E-state index < -0.39 is 0 Å². The van der Waals surface area contributed by atoms with Crippen LogP contribution < -0.4 is 10.6 Å². The molecule has 0 unspecified atom stereocenters. The molecule has 0 spiro atoms. The Kier molecular flexibility index (Phi) is 5.24. The van der Waals surface area contributed by atoms with Crippen LogP contribution in [0.25, 0.3) is 0 Å². The van der Waals surface area contributed by atoms with Gasteiger partial charge in [0.2, 0.25) is 0 Å². The summed E-state index contributed by atoms with van der Waals surface area (Å²) < 4.78 is 0. The minimum atomic E-state index is 0.616. The maximum atomic E-state index is 4.68. The van der Waals surface area contributed by atoms with Gasteiger partial charge in [0.15, 0.2) is 5.96 Å². The average Bonchev–Trinajstić information content (AvgIpc) is 3.13. The number of aromatic nitrogens is 2. The molecule has 0 aliphatic heterocycles. The quantitative estimate of drug-likeness (QED) is 0.498. The molecule has 1 heterocycles. The monoisotopic (exact) mass is 319 g/mol. The van der Waals surface area contributed by atoms with Crippen LogP contribution in [0.5, 0.6) is 0 Å². The van der Waals surface area contributed by atoms with Gasteiger partial charge in [0.1, 0.15) is 0 Å². The van der Waals surface area contributed by atoms with Gasteiger partial charge in [-0.05, 0) is 30.7 Å². The third-order valence-electron chi connectivity index (χ3n) is 3.58. The first-order valence-electron chi connectivity index (χ1n) is 7.94. The Labute approximate surface area is 141 Å². The Bertz CT molecular complexity index is 761. The lowest BCUT2D eigenvalue weighted by atomic mass is 10.1. The zero-order valence-corrected chi connectivity index (χ0v) is 13.7. The first kappa shape index (κ1) is 15.8. The van der Waals surface area contributed by atoms with Crippen LogP contribution in [-0.4, -0.2) is 16.2 Å². The minimum absolute atomic E-state index is 0.616. The van der Waals surface area contributed by atoms with Crippen LogP contribution in [0.2, 0.25) is 0 Å². The van der Waals surface area contributed by atoms with E-state index in [2.05, 4.69) is 57.0 Å². The van der Waals surface area contributed by atoms with Crippen molar-refractivity contribution in [3.63, 3.8) is 0 Å². The van der Waals surface area contributed by atoms with Crippen molar-refractivity contribution in [1.29, 1.82) is 0 Å². The number of aromatic amines is 1. The highest BCUT2D eigenvalue weighted by atomic mass is 15.2. The molecule has 3 N–H and O–H groups in total. The molecule has 24 heavy (non-hydrogen) atoms. The summed E-state index contributed by atoms with van der Waals surface area (Å²) in [6.45, 7) is 3.33. The molecule has 3 rings (SSSR count). The Morgan fingerprint density at radius 2 is 1.83 bits per heavy atom. The number of hydrogen-bond donors (Lipinski definition) is 3. The van der Waals surface area contributed by atoms with Gasteiger partial charge in [-0.2, -0.15) is 5.10 Å². The van der Waals surface area contributed by atoms with Crippen LogP contribution in [0.4, 0.5) is 5.69 Å². The van der Waals surface area contributed by atoms with E-state index in [0.29, 0.717) is 13.1 Å². The van der Waals surface area contributed by atoms with E-state index in [1.807, 2.05) is 36.4 Å². The average molecular weight is 319 g/mol. The number of aryl methyl sites for hydroxylation is 1. The molecule has 0 fully saturated rings. The molecule has 1 aromatic heterocycles. The van der Waals surface area contributed by atoms with Crippen molar-refractivity contribution >= 4 is 11.6 Å². The third kappa shape index (κ3) is 4.71. The number of nitrogens with one attached hydrogen (secondary N) is 3. The molecule has 2 aromatic carbocycles. The van der Waals surface area contributed by atoms with Crippen molar-refractivity contribution in [2.45, 2.75) is 20.0 Å². The predicted octanol–water partition coefficient (Wildman–Crippen LogP) is 3.48. The lowest BCUT2D eigenvalue weighted by Crippen LogP contribution is -2.30. The predicted molar refractivity (Wildman–Crippen MR) is 97.8 cm³/mol. The molecule has 3 aromatic rings. The van der Waals surface area contributed by atoms with E-state index in [1.54, 1.807) is 6.20 Å². The lowest BCUT2D eigenvalue weighted by Gasteiger charge is -2.12. The van der Waals surface area contributed by atoms with Crippen LogP contribution in [0, 0.1) is 6.92 Å². The molecule has 0 aliphatic rings. The van der Waals surface area contributed by atoms with Gasteiger partial charge in [-0.25, -0.2) is 4.99 Å². The molecular weight excluding hydrogens is 298 g/mol. The molecule has 0 radical (unpaired) electrons. The van der Waals surface area contributed by atoms with Gasteiger partial charge < -0.3 is 10.6 Å². The fourth-order valence-corrected chi connectivity index (χ4v) is 2.22. The van der Waals surface area contributed by atoms with Gasteiger partial charge >= 0.3 is 0 Å². The van der Waals surface area contributed by atoms with Gasteiger partial charge in [-0.15, -0.1) is 0 Å². The maximum absolute atomic E-state index is 4.68. The maximum Gasteiger partial charge on any atom is 0.196 e. The number of aliphatic imine (C=N–C) groups is 1. The van der Waals surface area contributed by atoms with Crippen LogP contribution in [0.15, 0.2) is 71.9 Å². The number of para-hydroxylation sites is 1. The zero-order chi connectivity index (χ0) is 16.6. The topological polar surface area (TPSA) is 65.1 Å². The highest BCUT2D eigenvalue weighted by Crippen LogP contribution is 2.07. The fourth-order valence-electron chi connectivity index (χ4n) is 2.22. The standard InChI is InChI=1S/C19H21N5/c1-15-7-9-16(10-8-15)13-20-19(21-14-18-11-12-22-24-18)23-17-5-3-2-4-6-17/h2-12H,13-14H2,1H3,(H,22,24)(H2,20,21,23). The molecule has 0 saturated heterocycles. The van der Waals surface area contributed by atoms with Crippen molar-refractivity contribution in [3.8, 4) is 0 Å². The van der Waals surface area contributed by atoms with Gasteiger partial charge in [0.25, 0.3) is 0 Å². The number of anilines is 1. The van der Waals surface area contributed by atoms with Crippen molar-refractivity contribution < 1.29 is 0 Å². The summed E-state index contributed by atoms with van der Waals surface area (Å²) in [5.41, 5.74) is 4.43. The fraction of sp³-hybridized carbons (Fsp3) is 0.158. The van der Waals surface area contributed by atoms with Gasteiger partial charge in [-0.3, -0.25) is 5.10 Å². The molecular formula is C19H21N5. The molecule has 5 heteroatoms. The second kappa shape index (κ2) is 7.97. The summed E-state index contributed by atoms with van der Waals surface area (Å²) in [6.07, 6.45) is 1.74. The highest BCUT2D eigenvalue weighted by Gasteiger charge is 2.01. The molecule has 0 atom stereocenters. The Morgan fingerprint density at radius 1 is 1.04 bits per heavy atom. The molecule has 0 bridgehead atoms. The second-order valence-electron chi connectivity index (χ2n) is 5.58. The van der Waals surface area contributed by atoms with Crippen molar-refractivity contribution in [2.75, 3.05) is 5.32 Å². The molecule has 0 saturated carbocycles. The Morgan fingerprint density at radius 3 is 2.54 bits per heavy atom. The SMILES string of the molecule is Cc1ccc(CN=C(NCc2ccn[nH]2)Nc2ccccc2)cc1. The van der Waals surface area contributed by atoms with Crippen molar-refractivity contribution in [2.24, 2.45) is 4.99 Å². The molecule has 0 amide bonds. The summed E-state index contributed by atoms with van der Waals surface area (Å²) in [4.78, 5) is 4.68. The summed E-state index contributed by atoms with van der Waals surface area (Å²) in [7, 11) is 0. The van der Waals surface area contributed by atoms with E-state index in [-0.39, 0.29) is 0 Å². The Balaban J connectivity index is 1.69. The zero-order valence-electron chi connectivity index (χ0n) is 13.7. The number of H-pyrrole nitrogens is 1. The lowest BCUT2D eigenvalue weighted by molar-refractivity contribution is 0.846. The molecule has 0 aliphatic carbocycles. The molecule has 5 nitrogen and oxygen atoms in total. The second-order valence-corrected chi connectivity index (χ2v) is 5.58. The number of benzene rings is 2. The first-order valence-corrected chi connectivity index (χ1v) is 7.94. The van der Waals surface area contributed by atoms with Gasteiger partial charge in [0.05, 0.1) is 18.8 Å². The Hall–Kier alpha value is -3.08. The van der Waals surface area contributed by atoms with Crippen molar-refractivity contribution in [1.82, 2.24) is 15.5 Å². The summed E-state index contributed by atoms with van der Waals surface area (Å²) >= 11 is 0. The number of hydrogen-bond acceptors (Lipinski definition) is 2. The van der Waals surface area contributed by atoms with E-state index in [4.69, 9.17) is 0 Å². The summed E-state index contributed by atoms with van der Waals surface area (Å²) in [5, 5.41) is 13.5. The van der Waals surface area contributed by atoms with E-state index in [0.717, 1.165) is 17.3 Å². The summed E-state index contributed by atoms with van der Waals surface area (Å²) in [5.74, 6) is 0.733. The van der Waals surface area contributed by atoms with E-state index >= 15 is 0 Å². The van der Waals surface area contributed by atoms with Crippen LogP contribution >= 0.6 is 0 Å². The first-order chi connectivity index (χ1) is 11.8. The van der Waals surface area contributed by atoms with Gasteiger partial charge in [0, 0.05) is 11.9 Å². The van der Waals surface area contributed by atoms with E-state index in [9.17, 15) is 0 Å². The largest absolute Gasteiger partial charge is 0.350 e. The van der Waals surface area contributed by atoms with Crippen LogP contribution in [-0.2, 0) is 13.1 Å².